The molecule has 4 saturated heterocycles. The maximum Gasteiger partial charge on any atom is 0.270 e. The normalized spacial score (nSPS) is 13.6. The summed E-state index contributed by atoms with van der Waals surface area (Å²) < 4.78 is 0. The fourth-order valence-electron chi connectivity index (χ4n) is 14.9. The smallest absolute Gasteiger partial charge is 0.270 e. The van der Waals surface area contributed by atoms with Gasteiger partial charge in [0.2, 0.25) is 28.1 Å². The monoisotopic (exact) mass is 1570 g/mol. The van der Waals surface area contributed by atoms with Crippen LogP contribution in [0.1, 0.15) is 136 Å². The third kappa shape index (κ3) is 18.0. The average molecular weight is 1570 g/mol. The lowest BCUT2D eigenvalue weighted by molar-refractivity contribution is 0.0985. The first-order valence-electron chi connectivity index (χ1n) is 38.0. The maximum absolute atomic E-state index is 13.3. The highest BCUT2D eigenvalue weighted by Gasteiger charge is 2.28. The third-order valence-electron chi connectivity index (χ3n) is 20.7. The molecule has 0 unspecified atom stereocenters. The van der Waals surface area contributed by atoms with Crippen molar-refractivity contribution in [3.63, 3.8) is 0 Å². The lowest BCUT2D eigenvalue weighted by atomic mass is 10.1. The van der Waals surface area contributed by atoms with Gasteiger partial charge in [-0.2, -0.15) is 5.21 Å². The van der Waals surface area contributed by atoms with Crippen LogP contribution in [-0.4, -0.2) is 148 Å². The molecule has 0 saturated carbocycles. The topological polar surface area (TPSA) is 457 Å². The van der Waals surface area contributed by atoms with Crippen molar-refractivity contribution in [3.05, 3.63) is 255 Å². The van der Waals surface area contributed by atoms with Crippen molar-refractivity contribution < 1.29 is 28.8 Å². The molecule has 9 aromatic heterocycles. The molecule has 0 atom stereocenters. The van der Waals surface area contributed by atoms with Crippen LogP contribution in [0.25, 0.3) is 60.0 Å². The lowest BCUT2D eigenvalue weighted by Crippen LogP contribution is -2.24. The van der Waals surface area contributed by atoms with Crippen LogP contribution < -0.4 is 74.6 Å². The van der Waals surface area contributed by atoms with E-state index < -0.39 is 11.8 Å². The number of H-pyrrole nitrogens is 5. The number of rotatable bonds is 15. The van der Waals surface area contributed by atoms with Crippen LogP contribution in [0, 0.1) is 34.3 Å². The summed E-state index contributed by atoms with van der Waals surface area (Å²) in [6.07, 6.45) is 14.9. The second-order valence-corrected chi connectivity index (χ2v) is 28.8. The first kappa shape index (κ1) is 78.6. The van der Waals surface area contributed by atoms with Gasteiger partial charge >= 0.3 is 0 Å². The van der Waals surface area contributed by atoms with Gasteiger partial charge in [0.25, 0.3) is 41.3 Å². The zero-order valence-corrected chi connectivity index (χ0v) is 64.3. The minimum atomic E-state index is -0.683. The van der Waals surface area contributed by atoms with Crippen LogP contribution in [0.5, 0.6) is 0 Å². The largest absolute Gasteiger partial charge is 0.370 e. The molecule has 13 heterocycles. The van der Waals surface area contributed by atoms with E-state index in [4.69, 9.17) is 18.0 Å². The van der Waals surface area contributed by atoms with Crippen LogP contribution in [0.4, 0.5) is 51.3 Å². The van der Waals surface area contributed by atoms with Crippen molar-refractivity contribution in [2.45, 2.75) is 79.1 Å². The Labute approximate surface area is 666 Å². The van der Waals surface area contributed by atoms with E-state index in [9.17, 15) is 47.9 Å². The Bertz CT molecular complexity index is 6200. The number of anilines is 8. The van der Waals surface area contributed by atoms with E-state index in [2.05, 4.69) is 106 Å². The molecule has 0 bridgehead atoms. The summed E-state index contributed by atoms with van der Waals surface area (Å²) in [6, 6.07) is 33.6. The molecule has 4 aliphatic heterocycles. The molecule has 0 aliphatic carbocycles. The highest BCUT2D eigenvalue weighted by molar-refractivity contribution is 6.13. The molecular formula is C84H81N23O10. The number of carbonyl (C=O) groups is 6. The van der Waals surface area contributed by atoms with E-state index in [1.807, 2.05) is 52.0 Å². The zero-order valence-electron chi connectivity index (χ0n) is 64.3. The number of pyridine rings is 8. The van der Waals surface area contributed by atoms with Gasteiger partial charge in [-0.05, 0) is 204 Å². The molecule has 117 heavy (non-hydrogen) atoms. The second kappa shape index (κ2) is 34.5. The van der Waals surface area contributed by atoms with Crippen molar-refractivity contribution in [3.8, 4) is 11.5 Å². The van der Waals surface area contributed by atoms with Crippen molar-refractivity contribution in [2.75, 3.05) is 93.2 Å². The summed E-state index contributed by atoms with van der Waals surface area (Å²) in [5, 5.41) is 29.0. The number of carbonyl (C=O) groups excluding carboxylic acids is 6. The van der Waals surface area contributed by atoms with Crippen molar-refractivity contribution in [1.82, 2.24) is 60.5 Å². The summed E-state index contributed by atoms with van der Waals surface area (Å²) >= 11 is 0. The van der Waals surface area contributed by atoms with Gasteiger partial charge in [-0.15, -0.1) is 15.2 Å². The first-order chi connectivity index (χ1) is 56.5. The second-order valence-electron chi connectivity index (χ2n) is 28.8. The number of aromatic nitrogens is 12. The highest BCUT2D eigenvalue weighted by Crippen LogP contribution is 2.34. The predicted octanol–water partition coefficient (Wildman–Crippen LogP) is 10.3. The van der Waals surface area contributed by atoms with E-state index in [0.717, 1.165) is 170 Å². The summed E-state index contributed by atoms with van der Waals surface area (Å²) in [5.74, 6) is -2.08. The number of benzene rings is 4. The summed E-state index contributed by atoms with van der Waals surface area (Å²) in [7, 11) is 0. The molecule has 4 fully saturated rings. The van der Waals surface area contributed by atoms with Gasteiger partial charge in [0.1, 0.15) is 23.3 Å². The van der Waals surface area contributed by atoms with E-state index >= 15 is 0 Å². The average Bonchev–Trinajstić information content (AvgIpc) is 1.77. The SMILES string of the molecule is Cc1cc(=O)[nH]c2ccc(NC(=O)c3cc(-c4nn[nH]n4)ncc3N3CCCC3)cc12.Cc1cc(=O)[nH]c2ccc(NC(=O)c3cc(C(N)=O)ncc3N3CCCC3)cc12.Cc1cc(=O)[nH]c2ccc(NC(=O)c3cc(C(N)=O)ncc3N3CCCC3)cc12.[C-]#[N+]c1cc(C(=O)Nc2ccc3[nH]c(=O)cc(C)c3c2)c(N2CCCC2)cn1. The number of nitrogens with two attached hydrogens (primary N) is 2. The Hall–Kier alpha value is -15.1. The summed E-state index contributed by atoms with van der Waals surface area (Å²) in [5.41, 5.74) is 23.8. The molecule has 0 spiro atoms. The van der Waals surface area contributed by atoms with Crippen LogP contribution in [-0.2, 0) is 0 Å². The number of hydrogen-bond donors (Lipinski definition) is 11. The number of fused-ring (bicyclic) bond motifs is 4. The molecule has 33 heteroatoms. The summed E-state index contributed by atoms with van der Waals surface area (Å²) in [6.45, 7) is 21.5. The van der Waals surface area contributed by atoms with Gasteiger partial charge < -0.3 is 77.1 Å². The van der Waals surface area contributed by atoms with Gasteiger partial charge in [0.15, 0.2) is 0 Å². The Morgan fingerprint density at radius 3 is 0.966 bits per heavy atom. The van der Waals surface area contributed by atoms with E-state index in [1.165, 1.54) is 42.7 Å². The molecule has 33 nitrogen and oxygen atoms in total. The fourth-order valence-corrected chi connectivity index (χ4v) is 14.9. The van der Waals surface area contributed by atoms with E-state index in [1.54, 1.807) is 79.1 Å². The number of tetrazole rings is 1. The third-order valence-corrected chi connectivity index (χ3v) is 20.7. The van der Waals surface area contributed by atoms with Crippen molar-refractivity contribution in [1.29, 1.82) is 0 Å². The number of aromatic amines is 5. The number of hydrogen-bond acceptors (Lipinski definition) is 21. The lowest BCUT2D eigenvalue weighted by Gasteiger charge is -2.21. The number of nitrogens with one attached hydrogen (secondary N) is 9. The Kier molecular flexibility index (Phi) is 23.2. The molecular weight excluding hydrogens is 1490 g/mol. The molecule has 6 amide bonds. The molecule has 4 aliphatic rings. The molecule has 0 radical (unpaired) electrons. The number of primary amides is 2. The van der Waals surface area contributed by atoms with Crippen LogP contribution in [0.2, 0.25) is 0 Å². The van der Waals surface area contributed by atoms with E-state index in [-0.39, 0.29) is 63.1 Å². The van der Waals surface area contributed by atoms with Gasteiger partial charge in [-0.1, -0.05) is 6.57 Å². The van der Waals surface area contributed by atoms with Gasteiger partial charge in [-0.25, -0.2) is 9.97 Å². The molecule has 17 rings (SSSR count). The summed E-state index contributed by atoms with van der Waals surface area (Å²) in [4.78, 5) is 162. The maximum atomic E-state index is 13.3. The number of aryl methyl sites for hydroxylation is 4. The van der Waals surface area contributed by atoms with Crippen molar-refractivity contribution in [2.24, 2.45) is 11.5 Å². The molecule has 4 aromatic carbocycles. The standard InChI is InChI=1S/C21H20N8O2.2C21H21N5O3.C21H19N5O2/c1-12-8-19(30)24-16-5-4-13(9-14(12)16)23-21(31)15-10-17(20-25-27-28-26-20)22-11-18(15)29-6-2-3-7-29;2*1-12-8-19(27)25-16-5-4-13(9-14(12)16)24-21(29)15-10-17(20(22)28)23-11-18(15)26-6-2-3-7-26;1-13-9-20(27)25-17-6-5-14(10-15(13)17)24-21(28)16-11-19(22-2)23-12-18(16)26-7-3-4-8-26/h4-5,8-11H,2-3,6-7H2,1H3,(H,23,31)(H,24,30)(H,25,26,27,28);2*4-5,8-11H,2-3,6-7H2,1H3,(H2,22,28)(H,24,29)(H,25,27);5-6,9-12H,3-4,7-8H2,1H3,(H,24,28)(H,25,27). The Morgan fingerprint density at radius 2 is 0.675 bits per heavy atom. The molecule has 13 N–H and O–H groups in total. The Morgan fingerprint density at radius 1 is 0.385 bits per heavy atom. The van der Waals surface area contributed by atoms with Crippen LogP contribution >= 0.6 is 0 Å². The van der Waals surface area contributed by atoms with E-state index in [0.29, 0.717) is 78.9 Å². The zero-order chi connectivity index (χ0) is 82.1. The minimum Gasteiger partial charge on any atom is -0.370 e. The minimum absolute atomic E-state index is 0.0463. The van der Waals surface area contributed by atoms with Gasteiger partial charge in [0.05, 0.1) is 63.6 Å². The Balaban J connectivity index is 0.000000128. The number of nitrogens with zero attached hydrogens (tertiary/aromatic N) is 12. The van der Waals surface area contributed by atoms with Gasteiger partial charge in [-0.3, -0.25) is 52.9 Å². The predicted molar refractivity (Wildman–Crippen MR) is 448 cm³/mol. The van der Waals surface area contributed by atoms with Crippen LogP contribution in [0.15, 0.2) is 165 Å². The number of amides is 6. The molecule has 13 aromatic rings. The fraction of sp³-hybridized carbons (Fsp3) is 0.238. The van der Waals surface area contributed by atoms with Gasteiger partial charge in [0, 0.05) is 143 Å². The quantitative estimate of drug-likeness (QED) is 0.0425. The van der Waals surface area contributed by atoms with Crippen LogP contribution in [0.3, 0.4) is 0 Å². The first-order valence-corrected chi connectivity index (χ1v) is 38.0. The van der Waals surface area contributed by atoms with Crippen molar-refractivity contribution >= 4 is 130 Å². The molecule has 592 valence electrons. The highest BCUT2D eigenvalue weighted by atomic mass is 16.2.